The first kappa shape index (κ1) is 14.5. The molecule has 0 bridgehead atoms. The highest BCUT2D eigenvalue weighted by molar-refractivity contribution is 5.99. The van der Waals surface area contributed by atoms with E-state index in [1.165, 1.54) is 19.2 Å². The fraction of sp³-hybridized carbons (Fsp3) is 0.429. The highest BCUT2D eigenvalue weighted by Crippen LogP contribution is 2.38. The van der Waals surface area contributed by atoms with Crippen LogP contribution in [0.2, 0.25) is 0 Å². The lowest BCUT2D eigenvalue weighted by Gasteiger charge is -2.23. The topological polar surface area (TPSA) is 81.4 Å². The lowest BCUT2D eigenvalue weighted by molar-refractivity contribution is -0.121. The van der Waals surface area contributed by atoms with Gasteiger partial charge in [-0.3, -0.25) is 4.79 Å². The van der Waals surface area contributed by atoms with Crippen LogP contribution in [0.3, 0.4) is 0 Å². The molecule has 6 heteroatoms. The van der Waals surface area contributed by atoms with Crippen molar-refractivity contribution in [1.29, 1.82) is 0 Å². The maximum absolute atomic E-state index is 13.7. The molecular weight excluding hydrogens is 263 g/mol. The van der Waals surface area contributed by atoms with Gasteiger partial charge in [0.05, 0.1) is 23.9 Å². The van der Waals surface area contributed by atoms with Gasteiger partial charge in [0.1, 0.15) is 5.82 Å². The van der Waals surface area contributed by atoms with E-state index in [1.54, 1.807) is 6.92 Å². The van der Waals surface area contributed by atoms with Crippen molar-refractivity contribution >= 4 is 17.6 Å². The van der Waals surface area contributed by atoms with E-state index >= 15 is 0 Å². The SMILES string of the molecule is COC(=O)c1ccc(F)c(NC(=O)C(C)(N)C2CC2)c1. The molecule has 1 aromatic carbocycles. The third-order valence-corrected chi connectivity index (χ3v) is 3.55. The third kappa shape index (κ3) is 2.80. The number of amides is 1. The number of nitrogens with one attached hydrogen (secondary N) is 1. The second-order valence-electron chi connectivity index (χ2n) is 5.20. The molecule has 1 unspecified atom stereocenters. The molecule has 1 aromatic rings. The van der Waals surface area contributed by atoms with Gasteiger partial charge in [0.15, 0.2) is 0 Å². The summed E-state index contributed by atoms with van der Waals surface area (Å²) in [5, 5.41) is 2.44. The van der Waals surface area contributed by atoms with Gasteiger partial charge < -0.3 is 15.8 Å². The van der Waals surface area contributed by atoms with Crippen molar-refractivity contribution in [3.05, 3.63) is 29.6 Å². The van der Waals surface area contributed by atoms with Gasteiger partial charge in [-0.15, -0.1) is 0 Å². The van der Waals surface area contributed by atoms with Crippen molar-refractivity contribution in [2.24, 2.45) is 11.7 Å². The Hall–Kier alpha value is -1.95. The van der Waals surface area contributed by atoms with Gasteiger partial charge in [-0.2, -0.15) is 0 Å². The van der Waals surface area contributed by atoms with Crippen molar-refractivity contribution in [2.45, 2.75) is 25.3 Å². The molecule has 1 amide bonds. The minimum atomic E-state index is -1.03. The van der Waals surface area contributed by atoms with E-state index in [-0.39, 0.29) is 17.2 Å². The zero-order chi connectivity index (χ0) is 14.9. The molecule has 2 rings (SSSR count). The predicted octanol–water partition coefficient (Wildman–Crippen LogP) is 1.68. The van der Waals surface area contributed by atoms with Crippen LogP contribution in [-0.2, 0) is 9.53 Å². The summed E-state index contributed by atoms with van der Waals surface area (Å²) in [6.07, 6.45) is 1.79. The first-order valence-electron chi connectivity index (χ1n) is 6.34. The van der Waals surface area contributed by atoms with Crippen LogP contribution in [0, 0.1) is 11.7 Å². The fourth-order valence-electron chi connectivity index (χ4n) is 1.99. The van der Waals surface area contributed by atoms with E-state index in [1.807, 2.05) is 0 Å². The Kier molecular flexibility index (Phi) is 3.76. The second kappa shape index (κ2) is 5.20. The highest BCUT2D eigenvalue weighted by Gasteiger charge is 2.44. The molecule has 5 nitrogen and oxygen atoms in total. The lowest BCUT2D eigenvalue weighted by atomic mass is 9.96. The molecule has 0 heterocycles. The average Bonchev–Trinajstić information content (AvgIpc) is 3.24. The minimum absolute atomic E-state index is 0.0739. The van der Waals surface area contributed by atoms with Gasteiger partial charge in [-0.05, 0) is 43.9 Å². The molecule has 1 atom stereocenters. The summed E-state index contributed by atoms with van der Waals surface area (Å²) < 4.78 is 18.2. The number of anilines is 1. The van der Waals surface area contributed by atoms with Gasteiger partial charge in [0, 0.05) is 0 Å². The standard InChI is InChI=1S/C14H17FN2O3/c1-14(16,9-4-5-9)13(19)17-11-7-8(12(18)20-2)3-6-10(11)15/h3,6-7,9H,4-5,16H2,1-2H3,(H,17,19). The summed E-state index contributed by atoms with van der Waals surface area (Å²) in [6, 6.07) is 3.63. The first-order chi connectivity index (χ1) is 9.36. The van der Waals surface area contributed by atoms with E-state index in [0.717, 1.165) is 18.9 Å². The monoisotopic (exact) mass is 280 g/mol. The van der Waals surface area contributed by atoms with E-state index in [4.69, 9.17) is 5.73 Å². The maximum atomic E-state index is 13.7. The zero-order valence-electron chi connectivity index (χ0n) is 11.4. The molecule has 20 heavy (non-hydrogen) atoms. The molecule has 108 valence electrons. The normalized spacial score (nSPS) is 17.2. The predicted molar refractivity (Wildman–Crippen MR) is 71.7 cm³/mol. The summed E-state index contributed by atoms with van der Waals surface area (Å²) in [4.78, 5) is 23.5. The summed E-state index contributed by atoms with van der Waals surface area (Å²) >= 11 is 0. The van der Waals surface area contributed by atoms with Gasteiger partial charge in [0.25, 0.3) is 0 Å². The first-order valence-corrected chi connectivity index (χ1v) is 6.34. The number of ether oxygens (including phenoxy) is 1. The maximum Gasteiger partial charge on any atom is 0.337 e. The van der Waals surface area contributed by atoms with Crippen LogP contribution in [0.5, 0.6) is 0 Å². The number of carbonyl (C=O) groups is 2. The fourth-order valence-corrected chi connectivity index (χ4v) is 1.99. The van der Waals surface area contributed by atoms with Crippen LogP contribution in [0.25, 0.3) is 0 Å². The van der Waals surface area contributed by atoms with Crippen LogP contribution in [0.1, 0.15) is 30.1 Å². The van der Waals surface area contributed by atoms with E-state index in [2.05, 4.69) is 10.1 Å². The summed E-state index contributed by atoms with van der Waals surface area (Å²) in [7, 11) is 1.23. The number of nitrogens with two attached hydrogens (primary N) is 1. The smallest absolute Gasteiger partial charge is 0.337 e. The van der Waals surface area contributed by atoms with Crippen LogP contribution in [0.15, 0.2) is 18.2 Å². The molecule has 1 fully saturated rings. The van der Waals surface area contributed by atoms with Crippen LogP contribution >= 0.6 is 0 Å². The van der Waals surface area contributed by atoms with Crippen molar-refractivity contribution < 1.29 is 18.7 Å². The van der Waals surface area contributed by atoms with Crippen molar-refractivity contribution in [3.8, 4) is 0 Å². The van der Waals surface area contributed by atoms with Gasteiger partial charge >= 0.3 is 5.97 Å². The number of carbonyl (C=O) groups excluding carboxylic acids is 2. The number of halogens is 1. The third-order valence-electron chi connectivity index (χ3n) is 3.55. The molecule has 1 aliphatic carbocycles. The van der Waals surface area contributed by atoms with Gasteiger partial charge in [-0.25, -0.2) is 9.18 Å². The number of hydrogen-bond donors (Lipinski definition) is 2. The Balaban J connectivity index is 2.20. The molecule has 0 aliphatic heterocycles. The van der Waals surface area contributed by atoms with Crippen molar-refractivity contribution in [1.82, 2.24) is 0 Å². The molecule has 1 saturated carbocycles. The highest BCUT2D eigenvalue weighted by atomic mass is 19.1. The Morgan fingerprint density at radius 3 is 2.65 bits per heavy atom. The average molecular weight is 280 g/mol. The Morgan fingerprint density at radius 2 is 2.10 bits per heavy atom. The quantitative estimate of drug-likeness (QED) is 0.822. The van der Waals surface area contributed by atoms with E-state index in [9.17, 15) is 14.0 Å². The van der Waals surface area contributed by atoms with Gasteiger partial charge in [-0.1, -0.05) is 0 Å². The number of esters is 1. The number of methoxy groups -OCH3 is 1. The van der Waals surface area contributed by atoms with Crippen molar-refractivity contribution in [2.75, 3.05) is 12.4 Å². The molecule has 0 radical (unpaired) electrons. The minimum Gasteiger partial charge on any atom is -0.465 e. The molecular formula is C14H17FN2O3. The Morgan fingerprint density at radius 1 is 1.45 bits per heavy atom. The number of rotatable bonds is 4. The largest absolute Gasteiger partial charge is 0.465 e. The van der Waals surface area contributed by atoms with E-state index < -0.39 is 23.2 Å². The zero-order valence-corrected chi connectivity index (χ0v) is 11.4. The molecule has 0 spiro atoms. The Bertz CT molecular complexity index is 553. The lowest BCUT2D eigenvalue weighted by Crippen LogP contribution is -2.50. The second-order valence-corrected chi connectivity index (χ2v) is 5.20. The summed E-state index contributed by atoms with van der Waals surface area (Å²) in [5.74, 6) is -1.56. The molecule has 0 aromatic heterocycles. The molecule has 0 saturated heterocycles. The van der Waals surface area contributed by atoms with Crippen LogP contribution < -0.4 is 11.1 Å². The number of benzene rings is 1. The molecule has 3 N–H and O–H groups in total. The Labute approximate surface area is 116 Å². The van der Waals surface area contributed by atoms with E-state index in [0.29, 0.717) is 0 Å². The van der Waals surface area contributed by atoms with Crippen molar-refractivity contribution in [3.63, 3.8) is 0 Å². The summed E-state index contributed by atoms with van der Waals surface area (Å²) in [6.45, 7) is 1.63. The molecule has 1 aliphatic rings. The van der Waals surface area contributed by atoms with Crippen LogP contribution in [0.4, 0.5) is 10.1 Å². The number of hydrogen-bond acceptors (Lipinski definition) is 4. The van der Waals surface area contributed by atoms with Gasteiger partial charge in [0.2, 0.25) is 5.91 Å². The van der Waals surface area contributed by atoms with Crippen LogP contribution in [-0.4, -0.2) is 24.5 Å². The summed E-state index contributed by atoms with van der Waals surface area (Å²) in [5.41, 5.74) is 5.01.